The molecule has 0 atom stereocenters. The van der Waals surface area contributed by atoms with Crippen LogP contribution in [0.2, 0.25) is 0 Å². The molecule has 1 fully saturated rings. The lowest BCUT2D eigenvalue weighted by molar-refractivity contribution is 0.248. The number of hydrogen-bond acceptors (Lipinski definition) is 6. The van der Waals surface area contributed by atoms with E-state index in [9.17, 15) is 8.42 Å². The summed E-state index contributed by atoms with van der Waals surface area (Å²) in [6.07, 6.45) is 4.40. The summed E-state index contributed by atoms with van der Waals surface area (Å²) in [4.78, 5) is 6.10. The number of piperidine rings is 1. The van der Waals surface area contributed by atoms with E-state index in [-0.39, 0.29) is 10.9 Å². The molecule has 8 heteroatoms. The average Bonchev–Trinajstić information content (AvgIpc) is 2.41. The van der Waals surface area contributed by atoms with Crippen molar-refractivity contribution in [3.63, 3.8) is 0 Å². The summed E-state index contributed by atoms with van der Waals surface area (Å²) in [7, 11) is -1.56. The number of rotatable bonds is 4. The van der Waals surface area contributed by atoms with Crippen LogP contribution in [0.1, 0.15) is 12.8 Å². The zero-order chi connectivity index (χ0) is 13.9. The lowest BCUT2D eigenvalue weighted by Crippen LogP contribution is -2.43. The van der Waals surface area contributed by atoms with E-state index in [2.05, 4.69) is 20.0 Å². The van der Waals surface area contributed by atoms with Crippen LogP contribution in [0.3, 0.4) is 0 Å². The van der Waals surface area contributed by atoms with E-state index in [1.165, 1.54) is 18.5 Å². The third kappa shape index (κ3) is 3.41. The normalized spacial score (nSPS) is 18.4. The van der Waals surface area contributed by atoms with Crippen LogP contribution in [0.25, 0.3) is 0 Å². The maximum Gasteiger partial charge on any atom is 0.244 e. The first-order chi connectivity index (χ1) is 9.03. The molecule has 0 aromatic carbocycles. The zero-order valence-electron chi connectivity index (χ0n) is 10.8. The predicted molar refractivity (Wildman–Crippen MR) is 72.9 cm³/mol. The first-order valence-corrected chi connectivity index (χ1v) is 7.63. The van der Waals surface area contributed by atoms with Crippen LogP contribution in [0.4, 0.5) is 5.69 Å². The molecule has 0 aliphatic carbocycles. The molecular formula is C11H19N5O2S. The van der Waals surface area contributed by atoms with Crippen LogP contribution in [-0.4, -0.2) is 44.5 Å². The largest absolute Gasteiger partial charge is 0.323 e. The van der Waals surface area contributed by atoms with Crippen molar-refractivity contribution in [3.05, 3.63) is 18.5 Å². The Labute approximate surface area is 113 Å². The van der Waals surface area contributed by atoms with Crippen molar-refractivity contribution in [3.8, 4) is 0 Å². The summed E-state index contributed by atoms with van der Waals surface area (Å²) >= 11 is 0. The van der Waals surface area contributed by atoms with Crippen molar-refractivity contribution in [2.45, 2.75) is 23.8 Å². The van der Waals surface area contributed by atoms with Gasteiger partial charge < -0.3 is 10.3 Å². The van der Waals surface area contributed by atoms with Crippen molar-refractivity contribution in [2.24, 2.45) is 5.84 Å². The van der Waals surface area contributed by atoms with Gasteiger partial charge in [0, 0.05) is 18.4 Å². The fraction of sp³-hybridized carbons (Fsp3) is 0.545. The Balaban J connectivity index is 2.14. The molecule has 0 bridgehead atoms. The second-order valence-corrected chi connectivity index (χ2v) is 6.40. The van der Waals surface area contributed by atoms with E-state index in [1.807, 2.05) is 7.05 Å². The van der Waals surface area contributed by atoms with Gasteiger partial charge >= 0.3 is 0 Å². The number of hydrazine groups is 1. The summed E-state index contributed by atoms with van der Waals surface area (Å²) in [6.45, 7) is 1.78. The molecule has 4 N–H and O–H groups in total. The predicted octanol–water partition coefficient (Wildman–Crippen LogP) is -0.260. The molecule has 0 radical (unpaired) electrons. The van der Waals surface area contributed by atoms with Gasteiger partial charge in [-0.3, -0.25) is 10.8 Å². The number of aromatic nitrogens is 1. The summed E-state index contributed by atoms with van der Waals surface area (Å²) in [5.41, 5.74) is 2.72. The van der Waals surface area contributed by atoms with Crippen molar-refractivity contribution in [1.29, 1.82) is 0 Å². The fourth-order valence-corrected chi connectivity index (χ4v) is 3.54. The van der Waals surface area contributed by atoms with Gasteiger partial charge in [-0.15, -0.1) is 0 Å². The quantitative estimate of drug-likeness (QED) is 0.520. The Bertz CT molecular complexity index is 526. The molecular weight excluding hydrogens is 266 g/mol. The van der Waals surface area contributed by atoms with Crippen molar-refractivity contribution in [1.82, 2.24) is 14.6 Å². The van der Waals surface area contributed by atoms with E-state index in [0.29, 0.717) is 5.69 Å². The molecule has 0 amide bonds. The summed E-state index contributed by atoms with van der Waals surface area (Å²) in [5, 5.41) is 0. The smallest absolute Gasteiger partial charge is 0.244 e. The Kier molecular flexibility index (Phi) is 4.35. The Morgan fingerprint density at radius 1 is 1.42 bits per heavy atom. The Hall–Kier alpha value is -1.22. The highest BCUT2D eigenvalue weighted by Crippen LogP contribution is 2.20. The molecule has 1 aromatic heterocycles. The van der Waals surface area contributed by atoms with E-state index >= 15 is 0 Å². The lowest BCUT2D eigenvalue weighted by Gasteiger charge is -2.29. The molecule has 2 heterocycles. The van der Waals surface area contributed by atoms with E-state index < -0.39 is 10.0 Å². The number of nitrogens with two attached hydrogens (primary N) is 1. The van der Waals surface area contributed by atoms with Gasteiger partial charge in [0.05, 0.1) is 5.69 Å². The second kappa shape index (κ2) is 5.83. The first kappa shape index (κ1) is 14.2. The molecule has 106 valence electrons. The number of sulfonamides is 1. The SMILES string of the molecule is CN1CCC(NS(=O)(=O)c2cnccc2NN)CC1. The van der Waals surface area contributed by atoms with Crippen LogP contribution < -0.4 is 16.0 Å². The topological polar surface area (TPSA) is 100 Å². The maximum atomic E-state index is 12.3. The minimum absolute atomic E-state index is 0.0352. The minimum Gasteiger partial charge on any atom is -0.323 e. The Morgan fingerprint density at radius 2 is 2.11 bits per heavy atom. The molecule has 7 nitrogen and oxygen atoms in total. The third-order valence-electron chi connectivity index (χ3n) is 3.27. The van der Waals surface area contributed by atoms with Gasteiger partial charge in [0.1, 0.15) is 4.90 Å². The zero-order valence-corrected chi connectivity index (χ0v) is 11.7. The fourth-order valence-electron chi connectivity index (χ4n) is 2.12. The van der Waals surface area contributed by atoms with Crippen molar-refractivity contribution >= 4 is 15.7 Å². The third-order valence-corrected chi connectivity index (χ3v) is 4.82. The number of nitrogen functional groups attached to an aromatic ring is 1. The second-order valence-electron chi connectivity index (χ2n) is 4.72. The standard InChI is InChI=1S/C11H19N5O2S/c1-16-6-3-9(4-7-16)15-19(17,18)11-8-13-5-2-10(11)14-12/h2,5,8-9,15H,3-4,6-7,12H2,1H3,(H,13,14). The molecule has 0 unspecified atom stereocenters. The number of likely N-dealkylation sites (tertiary alicyclic amines) is 1. The van der Waals surface area contributed by atoms with Crippen LogP contribution >= 0.6 is 0 Å². The molecule has 1 aliphatic heterocycles. The molecule has 1 aliphatic rings. The van der Waals surface area contributed by atoms with Crippen LogP contribution in [-0.2, 0) is 10.0 Å². The summed E-state index contributed by atoms with van der Waals surface area (Å²) in [6, 6.07) is 1.50. The van der Waals surface area contributed by atoms with Gasteiger partial charge in [0.2, 0.25) is 10.0 Å². The number of pyridine rings is 1. The van der Waals surface area contributed by atoms with Gasteiger partial charge in [-0.25, -0.2) is 13.1 Å². The van der Waals surface area contributed by atoms with Gasteiger partial charge in [0.15, 0.2) is 0 Å². The highest BCUT2D eigenvalue weighted by Gasteiger charge is 2.25. The van der Waals surface area contributed by atoms with Crippen molar-refractivity contribution < 1.29 is 8.42 Å². The van der Waals surface area contributed by atoms with Gasteiger partial charge in [0.25, 0.3) is 0 Å². The van der Waals surface area contributed by atoms with Crippen molar-refractivity contribution in [2.75, 3.05) is 25.6 Å². The van der Waals surface area contributed by atoms with Crippen LogP contribution in [0.5, 0.6) is 0 Å². The number of nitrogens with zero attached hydrogens (tertiary/aromatic N) is 2. The van der Waals surface area contributed by atoms with E-state index in [0.717, 1.165) is 25.9 Å². The summed E-state index contributed by atoms with van der Waals surface area (Å²) in [5.74, 6) is 5.32. The minimum atomic E-state index is -3.59. The highest BCUT2D eigenvalue weighted by molar-refractivity contribution is 7.89. The molecule has 1 aromatic rings. The number of nitrogens with one attached hydrogen (secondary N) is 2. The molecule has 0 saturated carbocycles. The van der Waals surface area contributed by atoms with Crippen LogP contribution in [0, 0.1) is 0 Å². The van der Waals surface area contributed by atoms with Gasteiger partial charge in [-0.1, -0.05) is 0 Å². The number of hydrogen-bond donors (Lipinski definition) is 3. The first-order valence-electron chi connectivity index (χ1n) is 6.14. The lowest BCUT2D eigenvalue weighted by atomic mass is 10.1. The molecule has 1 saturated heterocycles. The monoisotopic (exact) mass is 285 g/mol. The molecule has 0 spiro atoms. The van der Waals surface area contributed by atoms with Crippen LogP contribution in [0.15, 0.2) is 23.4 Å². The molecule has 2 rings (SSSR count). The van der Waals surface area contributed by atoms with E-state index in [4.69, 9.17) is 5.84 Å². The van der Waals surface area contributed by atoms with E-state index in [1.54, 1.807) is 0 Å². The number of anilines is 1. The van der Waals surface area contributed by atoms with Gasteiger partial charge in [-0.05, 0) is 39.0 Å². The molecule has 19 heavy (non-hydrogen) atoms. The average molecular weight is 285 g/mol. The van der Waals surface area contributed by atoms with Gasteiger partial charge in [-0.2, -0.15) is 0 Å². The maximum absolute atomic E-state index is 12.3. The highest BCUT2D eigenvalue weighted by atomic mass is 32.2. The Morgan fingerprint density at radius 3 is 2.74 bits per heavy atom. The summed E-state index contributed by atoms with van der Waals surface area (Å²) < 4.78 is 27.3.